The van der Waals surface area contributed by atoms with Gasteiger partial charge >= 0.3 is 11.9 Å². The summed E-state index contributed by atoms with van der Waals surface area (Å²) >= 11 is 0. The van der Waals surface area contributed by atoms with Crippen LogP contribution in [0.25, 0.3) is 0 Å². The summed E-state index contributed by atoms with van der Waals surface area (Å²) in [6.07, 6.45) is 38.5. The van der Waals surface area contributed by atoms with Crippen LogP contribution in [-0.4, -0.2) is 70.0 Å². The zero-order valence-electron chi connectivity index (χ0n) is 33.7. The van der Waals surface area contributed by atoms with Crippen LogP contribution in [0.15, 0.2) is 48.6 Å². The van der Waals surface area contributed by atoms with Gasteiger partial charge in [0.05, 0.1) is 27.7 Å². The van der Waals surface area contributed by atoms with E-state index in [4.69, 9.17) is 18.5 Å². The molecular formula is C42H76NO8P. The fourth-order valence-electron chi connectivity index (χ4n) is 5.17. The van der Waals surface area contributed by atoms with Gasteiger partial charge in [-0.25, -0.2) is 0 Å². The first-order valence-corrected chi connectivity index (χ1v) is 21.8. The summed E-state index contributed by atoms with van der Waals surface area (Å²) < 4.78 is 33.8. The van der Waals surface area contributed by atoms with E-state index in [0.717, 1.165) is 57.8 Å². The largest absolute Gasteiger partial charge is 0.756 e. The molecular weight excluding hydrogens is 677 g/mol. The predicted molar refractivity (Wildman–Crippen MR) is 213 cm³/mol. The van der Waals surface area contributed by atoms with Crippen molar-refractivity contribution in [1.29, 1.82) is 0 Å². The third kappa shape index (κ3) is 37.7. The average Bonchev–Trinajstić information content (AvgIpc) is 3.09. The fraction of sp³-hybridized carbons (Fsp3) is 0.762. The molecule has 0 spiro atoms. The Labute approximate surface area is 318 Å². The van der Waals surface area contributed by atoms with Gasteiger partial charge in [-0.3, -0.25) is 14.2 Å². The van der Waals surface area contributed by atoms with Gasteiger partial charge in [-0.1, -0.05) is 140 Å². The molecule has 1 unspecified atom stereocenters. The van der Waals surface area contributed by atoms with E-state index >= 15 is 0 Å². The summed E-state index contributed by atoms with van der Waals surface area (Å²) in [5.74, 6) is -0.885. The summed E-state index contributed by atoms with van der Waals surface area (Å²) in [4.78, 5) is 37.4. The SMILES string of the molecule is CC/C=C\C/C=C\C/C=C\C/C=C\CCCCC(=O)O[C@H](COC(=O)CCCCCCCCCCCCCCC)COP(=O)([O-])OCC[N+](C)(C)C. The Bertz CT molecular complexity index is 1030. The molecule has 0 aromatic rings. The first-order chi connectivity index (χ1) is 25.0. The van der Waals surface area contributed by atoms with E-state index in [-0.39, 0.29) is 26.1 Å². The highest BCUT2D eigenvalue weighted by Gasteiger charge is 2.21. The molecule has 0 aromatic heterocycles. The normalized spacial score (nSPS) is 14.2. The van der Waals surface area contributed by atoms with Crippen molar-refractivity contribution in [2.75, 3.05) is 47.5 Å². The maximum absolute atomic E-state index is 12.6. The van der Waals surface area contributed by atoms with Crippen molar-refractivity contribution < 1.29 is 42.1 Å². The van der Waals surface area contributed by atoms with Gasteiger partial charge in [0, 0.05) is 12.8 Å². The van der Waals surface area contributed by atoms with Gasteiger partial charge < -0.3 is 27.9 Å². The van der Waals surface area contributed by atoms with Crippen LogP contribution in [0.4, 0.5) is 0 Å². The molecule has 2 atom stereocenters. The van der Waals surface area contributed by atoms with E-state index < -0.39 is 32.5 Å². The number of esters is 2. The van der Waals surface area contributed by atoms with Crippen molar-refractivity contribution in [3.63, 3.8) is 0 Å². The number of rotatable bonds is 36. The number of phosphoric ester groups is 1. The van der Waals surface area contributed by atoms with Crippen LogP contribution in [0.2, 0.25) is 0 Å². The second-order valence-electron chi connectivity index (χ2n) is 14.6. The Morgan fingerprint density at radius 3 is 1.63 bits per heavy atom. The number of likely N-dealkylation sites (N-methyl/N-ethyl adjacent to an activating group) is 1. The molecule has 52 heavy (non-hydrogen) atoms. The van der Waals surface area contributed by atoms with E-state index in [1.807, 2.05) is 21.1 Å². The fourth-order valence-corrected chi connectivity index (χ4v) is 5.90. The third-order valence-electron chi connectivity index (χ3n) is 8.36. The number of ether oxygens (including phenoxy) is 2. The van der Waals surface area contributed by atoms with Gasteiger partial charge in [-0.05, 0) is 51.4 Å². The molecule has 0 aromatic carbocycles. The van der Waals surface area contributed by atoms with Gasteiger partial charge in [0.25, 0.3) is 7.82 Å². The van der Waals surface area contributed by atoms with Crippen LogP contribution in [0.1, 0.15) is 155 Å². The van der Waals surface area contributed by atoms with Crippen LogP contribution in [-0.2, 0) is 32.7 Å². The monoisotopic (exact) mass is 754 g/mol. The first kappa shape index (κ1) is 50.0. The zero-order chi connectivity index (χ0) is 38.6. The number of quaternary nitrogens is 1. The summed E-state index contributed by atoms with van der Waals surface area (Å²) in [7, 11) is 1.13. The lowest BCUT2D eigenvalue weighted by atomic mass is 10.0. The summed E-state index contributed by atoms with van der Waals surface area (Å²) in [6.45, 7) is 4.05. The van der Waals surface area contributed by atoms with Crippen molar-refractivity contribution in [2.45, 2.75) is 161 Å². The molecule has 0 radical (unpaired) electrons. The number of hydrogen-bond donors (Lipinski definition) is 0. The molecule has 0 aliphatic heterocycles. The minimum atomic E-state index is -4.63. The van der Waals surface area contributed by atoms with E-state index in [1.165, 1.54) is 64.2 Å². The van der Waals surface area contributed by atoms with Crippen molar-refractivity contribution in [3.8, 4) is 0 Å². The number of phosphoric acid groups is 1. The lowest BCUT2D eigenvalue weighted by Crippen LogP contribution is -2.37. The molecule has 0 heterocycles. The summed E-state index contributed by atoms with van der Waals surface area (Å²) in [5.41, 5.74) is 0. The first-order valence-electron chi connectivity index (χ1n) is 20.3. The van der Waals surface area contributed by atoms with Crippen molar-refractivity contribution in [1.82, 2.24) is 0 Å². The maximum atomic E-state index is 12.6. The molecule has 0 fully saturated rings. The minimum absolute atomic E-state index is 0.0396. The van der Waals surface area contributed by atoms with Gasteiger partial charge in [0.2, 0.25) is 0 Å². The third-order valence-corrected chi connectivity index (χ3v) is 9.33. The highest BCUT2D eigenvalue weighted by Crippen LogP contribution is 2.38. The number of allylic oxidation sites excluding steroid dienone is 8. The van der Waals surface area contributed by atoms with Gasteiger partial charge in [0.1, 0.15) is 19.8 Å². The van der Waals surface area contributed by atoms with E-state index in [2.05, 4.69) is 62.5 Å². The van der Waals surface area contributed by atoms with Gasteiger partial charge in [0.15, 0.2) is 6.10 Å². The topological polar surface area (TPSA) is 111 Å². The summed E-state index contributed by atoms with van der Waals surface area (Å²) in [6, 6.07) is 0. The molecule has 0 aliphatic carbocycles. The number of unbranched alkanes of at least 4 members (excludes halogenated alkanes) is 14. The maximum Gasteiger partial charge on any atom is 0.306 e. The molecule has 302 valence electrons. The highest BCUT2D eigenvalue weighted by atomic mass is 31.2. The van der Waals surface area contributed by atoms with Gasteiger partial charge in [-0.2, -0.15) is 0 Å². The van der Waals surface area contributed by atoms with Crippen molar-refractivity contribution in [2.24, 2.45) is 0 Å². The molecule has 0 N–H and O–H groups in total. The van der Waals surface area contributed by atoms with Crippen LogP contribution in [0, 0.1) is 0 Å². The number of hydrogen-bond acceptors (Lipinski definition) is 8. The quantitative estimate of drug-likeness (QED) is 0.0204. The zero-order valence-corrected chi connectivity index (χ0v) is 34.6. The molecule has 9 nitrogen and oxygen atoms in total. The molecule has 0 saturated heterocycles. The number of carbonyl (C=O) groups excluding carboxylic acids is 2. The van der Waals surface area contributed by atoms with Gasteiger partial charge in [-0.15, -0.1) is 0 Å². The van der Waals surface area contributed by atoms with Crippen molar-refractivity contribution in [3.05, 3.63) is 48.6 Å². The lowest BCUT2D eigenvalue weighted by molar-refractivity contribution is -0.870. The minimum Gasteiger partial charge on any atom is -0.756 e. The van der Waals surface area contributed by atoms with E-state index in [9.17, 15) is 19.0 Å². The molecule has 0 amide bonds. The standard InChI is InChI=1S/C42H76NO8P/c1-6-8-10-12-14-16-18-20-21-23-25-27-29-31-33-35-42(45)51-40(39-50-52(46,47)49-37-36-43(3,4)5)38-48-41(44)34-32-30-28-26-24-22-19-17-15-13-11-9-7-2/h8,10,14,16,20-21,25,27,40H,6-7,9,11-13,15,17-19,22-24,26,28-39H2,1-5H3/b10-8-,16-14-,21-20-,27-25-/t40-/m1/s1. The molecule has 0 aliphatic rings. The summed E-state index contributed by atoms with van der Waals surface area (Å²) in [5, 5.41) is 0. The Kier molecular flexibility index (Phi) is 33.4. The Hall–Kier alpha value is -2.03. The van der Waals surface area contributed by atoms with Crippen LogP contribution >= 0.6 is 7.82 Å². The highest BCUT2D eigenvalue weighted by molar-refractivity contribution is 7.45. The molecule has 0 saturated carbocycles. The Balaban J connectivity index is 4.49. The molecule has 10 heteroatoms. The van der Waals surface area contributed by atoms with Crippen LogP contribution in [0.3, 0.4) is 0 Å². The second kappa shape index (κ2) is 34.7. The van der Waals surface area contributed by atoms with Crippen molar-refractivity contribution >= 4 is 19.8 Å². The molecule has 0 rings (SSSR count). The Morgan fingerprint density at radius 2 is 1.10 bits per heavy atom. The number of nitrogens with zero attached hydrogens (tertiary/aromatic N) is 1. The second-order valence-corrected chi connectivity index (χ2v) is 16.0. The lowest BCUT2D eigenvalue weighted by Gasteiger charge is -2.28. The smallest absolute Gasteiger partial charge is 0.306 e. The molecule has 0 bridgehead atoms. The Morgan fingerprint density at radius 1 is 0.615 bits per heavy atom. The van der Waals surface area contributed by atoms with E-state index in [1.54, 1.807) is 0 Å². The van der Waals surface area contributed by atoms with E-state index in [0.29, 0.717) is 17.4 Å². The predicted octanol–water partition coefficient (Wildman–Crippen LogP) is 10.5. The average molecular weight is 754 g/mol. The van der Waals surface area contributed by atoms with Crippen LogP contribution in [0.5, 0.6) is 0 Å². The number of carbonyl (C=O) groups is 2. The van der Waals surface area contributed by atoms with Crippen LogP contribution < -0.4 is 4.89 Å².